The molecule has 0 heterocycles. The van der Waals surface area contributed by atoms with Crippen molar-refractivity contribution in [2.45, 2.75) is 9.79 Å². The predicted molar refractivity (Wildman–Crippen MR) is 114 cm³/mol. The Balaban J connectivity index is 1.87. The highest BCUT2D eigenvalue weighted by molar-refractivity contribution is 9.01. The number of rotatable bonds is 10. The van der Waals surface area contributed by atoms with Crippen molar-refractivity contribution in [1.82, 2.24) is 0 Å². The van der Waals surface area contributed by atoms with E-state index < -0.39 is 13.6 Å². The van der Waals surface area contributed by atoms with Crippen LogP contribution in [0.1, 0.15) is 0 Å². The molecule has 148 valence electrons. The fraction of sp³-hybridized carbons (Fsp3) is 0.143. The molecule has 13 heteroatoms. The third-order valence-electron chi connectivity index (χ3n) is 2.78. The van der Waals surface area contributed by atoms with Crippen molar-refractivity contribution < 1.29 is 32.7 Å². The van der Waals surface area contributed by atoms with Crippen molar-refractivity contribution in [1.29, 1.82) is 0 Å². The minimum absolute atomic E-state index is 0.492. The third-order valence-corrected chi connectivity index (χ3v) is 14.6. The van der Waals surface area contributed by atoms with Crippen molar-refractivity contribution in [2.75, 3.05) is 14.2 Å². The monoisotopic (exact) mass is 486 g/mol. The second-order valence-corrected chi connectivity index (χ2v) is 16.1. The minimum Gasteiger partial charge on any atom is -0.497 e. The quantitative estimate of drug-likeness (QED) is 0.301. The van der Waals surface area contributed by atoms with Crippen LogP contribution in [0.25, 0.3) is 0 Å². The highest BCUT2D eigenvalue weighted by Gasteiger charge is 2.34. The van der Waals surface area contributed by atoms with E-state index in [2.05, 4.69) is 4.31 Å². The first-order chi connectivity index (χ1) is 12.7. The molecule has 27 heavy (non-hydrogen) atoms. The van der Waals surface area contributed by atoms with E-state index in [1.807, 2.05) is 0 Å². The summed E-state index contributed by atoms with van der Waals surface area (Å²) < 4.78 is 38.9. The van der Waals surface area contributed by atoms with Crippen LogP contribution in [0.3, 0.4) is 0 Å². The van der Waals surface area contributed by atoms with Gasteiger partial charge in [0.2, 0.25) is 0 Å². The molecule has 2 atom stereocenters. The van der Waals surface area contributed by atoms with E-state index >= 15 is 0 Å². The van der Waals surface area contributed by atoms with Crippen molar-refractivity contribution in [3.8, 4) is 11.5 Å². The molecule has 0 aliphatic carbocycles. The molecule has 0 aromatic heterocycles. The summed E-state index contributed by atoms with van der Waals surface area (Å²) in [5, 5.41) is 0. The van der Waals surface area contributed by atoms with Gasteiger partial charge in [0.15, 0.2) is 0 Å². The standard InChI is InChI=1S/C14H16O7P2S4/c1-19-11-3-7-13(8-4-11)24-26-22(15,16)21-23(17,18)27-25-14-9-5-12(20-2)6-10-14/h3-10H,1-2H3,(H,15,16)(H,17,18). The summed E-state index contributed by atoms with van der Waals surface area (Å²) in [7, 11) is 5.99. The van der Waals surface area contributed by atoms with E-state index in [1.54, 1.807) is 48.5 Å². The Kier molecular flexibility index (Phi) is 8.99. The summed E-state index contributed by atoms with van der Waals surface area (Å²) in [4.78, 5) is 21.1. The molecule has 0 radical (unpaired) electrons. The summed E-state index contributed by atoms with van der Waals surface area (Å²) in [5.74, 6) is 1.30. The summed E-state index contributed by atoms with van der Waals surface area (Å²) in [6.07, 6.45) is 0. The fourth-order valence-corrected chi connectivity index (χ4v) is 12.7. The Labute approximate surface area is 172 Å². The van der Waals surface area contributed by atoms with Crippen molar-refractivity contribution in [2.24, 2.45) is 0 Å². The third kappa shape index (κ3) is 8.35. The molecular formula is C14H16O7P2S4. The van der Waals surface area contributed by atoms with Gasteiger partial charge in [0, 0.05) is 30.6 Å². The topological polar surface area (TPSA) is 102 Å². The molecule has 2 N–H and O–H groups in total. The first-order valence-corrected chi connectivity index (χ1v) is 15.8. The second-order valence-electron chi connectivity index (χ2n) is 4.69. The fourth-order valence-electron chi connectivity index (χ4n) is 1.60. The summed E-state index contributed by atoms with van der Waals surface area (Å²) >= 11 is 0. The van der Waals surface area contributed by atoms with Gasteiger partial charge in [0.1, 0.15) is 11.5 Å². The normalized spacial score (nSPS) is 15.6. The van der Waals surface area contributed by atoms with Crippen LogP contribution >= 0.6 is 56.0 Å². The SMILES string of the molecule is COc1ccc(SSP(=O)(O)OP(=O)(O)SSc2ccc(OC)cc2)cc1. The lowest BCUT2D eigenvalue weighted by Crippen LogP contribution is -1.82. The first-order valence-electron chi connectivity index (χ1n) is 7.10. The maximum Gasteiger partial charge on any atom is 0.405 e. The number of hydrogen-bond donors (Lipinski definition) is 2. The zero-order chi connectivity index (χ0) is 19.9. The highest BCUT2D eigenvalue weighted by Crippen LogP contribution is 2.76. The van der Waals surface area contributed by atoms with Gasteiger partial charge < -0.3 is 19.3 Å². The second kappa shape index (κ2) is 10.5. The molecule has 0 fully saturated rings. The van der Waals surface area contributed by atoms with E-state index in [-0.39, 0.29) is 0 Å². The molecule has 0 amide bonds. The van der Waals surface area contributed by atoms with Crippen LogP contribution in [-0.2, 0) is 13.4 Å². The molecular weight excluding hydrogens is 470 g/mol. The maximum atomic E-state index is 12.1. The Hall–Kier alpha value is -0.220. The van der Waals surface area contributed by atoms with E-state index in [1.165, 1.54) is 14.2 Å². The van der Waals surface area contributed by atoms with E-state index in [4.69, 9.17) is 9.47 Å². The Morgan fingerprint density at radius 2 is 1.04 bits per heavy atom. The first kappa shape index (κ1) is 23.1. The van der Waals surface area contributed by atoms with Gasteiger partial charge in [0.25, 0.3) is 0 Å². The Bertz CT molecular complexity index is 763. The molecule has 0 saturated heterocycles. The van der Waals surface area contributed by atoms with Gasteiger partial charge in [-0.25, -0.2) is 13.4 Å². The lowest BCUT2D eigenvalue weighted by atomic mass is 10.3. The van der Waals surface area contributed by atoms with Crippen LogP contribution in [0, 0.1) is 0 Å². The van der Waals surface area contributed by atoms with Gasteiger partial charge in [-0.15, -0.1) is 0 Å². The van der Waals surface area contributed by atoms with Crippen LogP contribution in [0.2, 0.25) is 0 Å². The van der Waals surface area contributed by atoms with Crippen LogP contribution in [0.5, 0.6) is 11.5 Å². The van der Waals surface area contributed by atoms with Crippen LogP contribution in [-0.4, -0.2) is 24.0 Å². The molecule has 2 unspecified atom stereocenters. The molecule has 0 bridgehead atoms. The smallest absolute Gasteiger partial charge is 0.405 e. The van der Waals surface area contributed by atoms with E-state index in [9.17, 15) is 18.9 Å². The predicted octanol–water partition coefficient (Wildman–Crippen LogP) is 6.10. The largest absolute Gasteiger partial charge is 0.497 e. The molecule has 0 saturated carbocycles. The Morgan fingerprint density at radius 1 is 0.704 bits per heavy atom. The summed E-state index contributed by atoms with van der Waals surface area (Å²) in [6, 6.07) is 13.6. The zero-order valence-electron chi connectivity index (χ0n) is 14.1. The van der Waals surface area contributed by atoms with Crippen molar-refractivity contribution >= 4 is 56.0 Å². The molecule has 2 aromatic carbocycles. The average Bonchev–Trinajstić information content (AvgIpc) is 2.65. The highest BCUT2D eigenvalue weighted by atomic mass is 33.3. The van der Waals surface area contributed by atoms with Gasteiger partial charge in [-0.05, 0) is 70.1 Å². The van der Waals surface area contributed by atoms with E-state index in [0.29, 0.717) is 42.1 Å². The maximum absolute atomic E-state index is 12.1. The van der Waals surface area contributed by atoms with Gasteiger partial charge in [-0.2, -0.15) is 0 Å². The molecule has 0 aliphatic rings. The summed E-state index contributed by atoms with van der Waals surface area (Å²) in [6.45, 7) is -8.70. The zero-order valence-corrected chi connectivity index (χ0v) is 19.1. The summed E-state index contributed by atoms with van der Waals surface area (Å²) in [5.41, 5.74) is 0. The Morgan fingerprint density at radius 3 is 1.33 bits per heavy atom. The number of hydrogen-bond acceptors (Lipinski definition) is 9. The number of methoxy groups -OCH3 is 2. The molecule has 0 aliphatic heterocycles. The van der Waals surface area contributed by atoms with Gasteiger partial charge in [-0.1, -0.05) is 0 Å². The lowest BCUT2D eigenvalue weighted by molar-refractivity contribution is 0.361. The van der Waals surface area contributed by atoms with Crippen LogP contribution in [0.15, 0.2) is 58.3 Å². The number of benzene rings is 2. The number of ether oxygens (including phenoxy) is 2. The van der Waals surface area contributed by atoms with Crippen molar-refractivity contribution in [3.63, 3.8) is 0 Å². The molecule has 2 rings (SSSR count). The van der Waals surface area contributed by atoms with Crippen molar-refractivity contribution in [3.05, 3.63) is 48.5 Å². The van der Waals surface area contributed by atoms with Gasteiger partial charge in [0.05, 0.1) is 14.2 Å². The lowest BCUT2D eigenvalue weighted by Gasteiger charge is -2.14. The average molecular weight is 486 g/mol. The minimum atomic E-state index is -4.35. The molecule has 2 aromatic rings. The molecule has 0 spiro atoms. The van der Waals surface area contributed by atoms with Gasteiger partial charge in [-0.3, -0.25) is 0 Å². The van der Waals surface area contributed by atoms with E-state index in [0.717, 1.165) is 21.6 Å². The molecule has 7 nitrogen and oxygen atoms in total. The van der Waals surface area contributed by atoms with Crippen LogP contribution in [0.4, 0.5) is 0 Å². The van der Waals surface area contributed by atoms with Crippen LogP contribution < -0.4 is 9.47 Å². The van der Waals surface area contributed by atoms with Gasteiger partial charge >= 0.3 is 13.6 Å².